The molecule has 1 nitrogen and oxygen atoms in total. The van der Waals surface area contributed by atoms with E-state index in [4.69, 9.17) is 17.3 Å². The summed E-state index contributed by atoms with van der Waals surface area (Å²) in [5, 5.41) is 0.996. The van der Waals surface area contributed by atoms with Gasteiger partial charge in [-0.25, -0.2) is 0 Å². The van der Waals surface area contributed by atoms with E-state index in [0.29, 0.717) is 0 Å². The van der Waals surface area contributed by atoms with Crippen LogP contribution in [0.25, 0.3) is 0 Å². The summed E-state index contributed by atoms with van der Waals surface area (Å²) in [6, 6.07) is 16.5. The molecule has 0 saturated carbocycles. The van der Waals surface area contributed by atoms with E-state index >= 15 is 0 Å². The van der Waals surface area contributed by atoms with Crippen molar-refractivity contribution in [3.8, 4) is 0 Å². The zero-order valence-electron chi connectivity index (χ0n) is 11.1. The van der Waals surface area contributed by atoms with Gasteiger partial charge in [0.15, 0.2) is 0 Å². The third-order valence-electron chi connectivity index (χ3n) is 2.91. The van der Waals surface area contributed by atoms with E-state index in [9.17, 15) is 0 Å². The molecule has 0 saturated heterocycles. The molecule has 0 aliphatic heterocycles. The van der Waals surface area contributed by atoms with Crippen molar-refractivity contribution < 1.29 is 0 Å². The molecular formula is C16H18ClNS. The average molecular weight is 292 g/mol. The fourth-order valence-electron chi connectivity index (χ4n) is 2.01. The van der Waals surface area contributed by atoms with Crippen molar-refractivity contribution >= 4 is 23.4 Å². The summed E-state index contributed by atoms with van der Waals surface area (Å²) in [7, 11) is 0. The largest absolute Gasteiger partial charge is 0.327 e. The molecule has 2 aromatic rings. The Morgan fingerprint density at radius 3 is 2.47 bits per heavy atom. The molecule has 0 fully saturated rings. The van der Waals surface area contributed by atoms with E-state index in [2.05, 4.69) is 37.3 Å². The van der Waals surface area contributed by atoms with Gasteiger partial charge in [0.2, 0.25) is 0 Å². The first-order valence-corrected chi connectivity index (χ1v) is 7.56. The predicted molar refractivity (Wildman–Crippen MR) is 84.9 cm³/mol. The Balaban J connectivity index is 2.26. The molecule has 3 heteroatoms. The standard InChI is InChI=1S/C16H18ClNS/c1-11-5-3-6-13(9-11)16(12(2)18)19-15-8-4-7-14(17)10-15/h3-10,12,16H,18H2,1-2H3. The van der Waals surface area contributed by atoms with Crippen LogP contribution in [0, 0.1) is 6.92 Å². The van der Waals surface area contributed by atoms with Crippen LogP contribution in [0.3, 0.4) is 0 Å². The molecule has 0 aliphatic carbocycles. The lowest BCUT2D eigenvalue weighted by molar-refractivity contribution is 0.721. The van der Waals surface area contributed by atoms with Crippen LogP contribution in [0.15, 0.2) is 53.4 Å². The second-order valence-corrected chi connectivity index (χ2v) is 6.42. The molecule has 0 bridgehead atoms. The predicted octanol–water partition coefficient (Wildman–Crippen LogP) is 4.83. The zero-order valence-corrected chi connectivity index (χ0v) is 12.7. The molecule has 100 valence electrons. The maximum atomic E-state index is 6.15. The summed E-state index contributed by atoms with van der Waals surface area (Å²) >= 11 is 7.80. The molecular weight excluding hydrogens is 274 g/mol. The topological polar surface area (TPSA) is 26.0 Å². The molecule has 0 amide bonds. The van der Waals surface area contributed by atoms with Crippen molar-refractivity contribution in [3.63, 3.8) is 0 Å². The number of halogens is 1. The summed E-state index contributed by atoms with van der Waals surface area (Å²) in [6.45, 7) is 4.15. The lowest BCUT2D eigenvalue weighted by Gasteiger charge is -2.21. The molecule has 0 aromatic heterocycles. The third kappa shape index (κ3) is 4.00. The summed E-state index contributed by atoms with van der Waals surface area (Å²) in [6.07, 6.45) is 0. The minimum absolute atomic E-state index is 0.0748. The number of benzene rings is 2. The number of hydrogen-bond acceptors (Lipinski definition) is 2. The summed E-state index contributed by atoms with van der Waals surface area (Å²) in [4.78, 5) is 1.15. The SMILES string of the molecule is Cc1cccc(C(Sc2cccc(Cl)c2)C(C)N)c1. The normalized spacial score (nSPS) is 14.1. The first-order chi connectivity index (χ1) is 9.06. The minimum Gasteiger partial charge on any atom is -0.327 e. The van der Waals surface area contributed by atoms with Gasteiger partial charge in [-0.05, 0) is 37.6 Å². The minimum atomic E-state index is 0.0748. The van der Waals surface area contributed by atoms with Gasteiger partial charge in [-0.15, -0.1) is 11.8 Å². The summed E-state index contributed by atoms with van der Waals surface area (Å²) < 4.78 is 0. The molecule has 0 radical (unpaired) electrons. The van der Waals surface area contributed by atoms with Gasteiger partial charge in [0.25, 0.3) is 0 Å². The van der Waals surface area contributed by atoms with Crippen LogP contribution in [-0.4, -0.2) is 6.04 Å². The second kappa shape index (κ2) is 6.47. The maximum Gasteiger partial charge on any atom is 0.0492 e. The van der Waals surface area contributed by atoms with E-state index < -0.39 is 0 Å². The van der Waals surface area contributed by atoms with E-state index in [0.717, 1.165) is 9.92 Å². The highest BCUT2D eigenvalue weighted by molar-refractivity contribution is 7.99. The maximum absolute atomic E-state index is 6.15. The highest BCUT2D eigenvalue weighted by Crippen LogP contribution is 2.38. The molecule has 2 aromatic carbocycles. The Kier molecular flexibility index (Phi) is 4.92. The Bertz CT molecular complexity index is 554. The molecule has 2 rings (SSSR count). The van der Waals surface area contributed by atoms with Crippen LogP contribution in [0.5, 0.6) is 0 Å². The van der Waals surface area contributed by atoms with Crippen LogP contribution < -0.4 is 5.73 Å². The number of thioether (sulfide) groups is 1. The van der Waals surface area contributed by atoms with Gasteiger partial charge in [-0.3, -0.25) is 0 Å². The van der Waals surface area contributed by atoms with Crippen molar-refractivity contribution in [2.24, 2.45) is 5.73 Å². The fourth-order valence-corrected chi connectivity index (χ4v) is 3.41. The summed E-state index contributed by atoms with van der Waals surface area (Å²) in [5.41, 5.74) is 8.67. The number of aryl methyl sites for hydroxylation is 1. The van der Waals surface area contributed by atoms with E-state index in [1.807, 2.05) is 25.1 Å². The molecule has 2 N–H and O–H groups in total. The van der Waals surface area contributed by atoms with Gasteiger partial charge in [0.1, 0.15) is 0 Å². The van der Waals surface area contributed by atoms with Crippen LogP contribution in [0.2, 0.25) is 5.02 Å². The smallest absolute Gasteiger partial charge is 0.0492 e. The van der Waals surface area contributed by atoms with Crippen molar-refractivity contribution in [2.75, 3.05) is 0 Å². The highest BCUT2D eigenvalue weighted by Gasteiger charge is 2.17. The molecule has 0 spiro atoms. The first-order valence-electron chi connectivity index (χ1n) is 6.30. The lowest BCUT2D eigenvalue weighted by Crippen LogP contribution is -2.22. The number of nitrogens with two attached hydrogens (primary N) is 1. The molecule has 2 unspecified atom stereocenters. The number of rotatable bonds is 4. The monoisotopic (exact) mass is 291 g/mol. The average Bonchev–Trinajstić information content (AvgIpc) is 2.35. The Labute approximate surface area is 124 Å². The highest BCUT2D eigenvalue weighted by atomic mass is 35.5. The van der Waals surface area contributed by atoms with Gasteiger partial charge >= 0.3 is 0 Å². The first kappa shape index (κ1) is 14.4. The molecule has 2 atom stereocenters. The van der Waals surface area contributed by atoms with Crippen LogP contribution >= 0.6 is 23.4 Å². The van der Waals surface area contributed by atoms with Crippen LogP contribution in [-0.2, 0) is 0 Å². The fraction of sp³-hybridized carbons (Fsp3) is 0.250. The van der Waals surface area contributed by atoms with Crippen LogP contribution in [0.1, 0.15) is 23.3 Å². The third-order valence-corrected chi connectivity index (χ3v) is 4.62. The van der Waals surface area contributed by atoms with Crippen molar-refractivity contribution in [1.82, 2.24) is 0 Å². The molecule has 0 aliphatic rings. The Morgan fingerprint density at radius 1 is 1.11 bits per heavy atom. The Hall–Kier alpha value is -0.960. The van der Waals surface area contributed by atoms with E-state index in [-0.39, 0.29) is 11.3 Å². The summed E-state index contributed by atoms with van der Waals surface area (Å²) in [5.74, 6) is 0. The Morgan fingerprint density at radius 2 is 1.84 bits per heavy atom. The quantitative estimate of drug-likeness (QED) is 0.817. The van der Waals surface area contributed by atoms with Gasteiger partial charge in [-0.1, -0.05) is 47.5 Å². The van der Waals surface area contributed by atoms with Gasteiger partial charge in [0, 0.05) is 21.2 Å². The number of hydrogen-bond donors (Lipinski definition) is 1. The van der Waals surface area contributed by atoms with Crippen molar-refractivity contribution in [3.05, 3.63) is 64.7 Å². The molecule has 19 heavy (non-hydrogen) atoms. The lowest BCUT2D eigenvalue weighted by atomic mass is 10.0. The van der Waals surface area contributed by atoms with Gasteiger partial charge in [0.05, 0.1) is 0 Å². The zero-order chi connectivity index (χ0) is 13.8. The van der Waals surface area contributed by atoms with E-state index in [1.54, 1.807) is 11.8 Å². The van der Waals surface area contributed by atoms with Gasteiger partial charge < -0.3 is 5.73 Å². The van der Waals surface area contributed by atoms with Crippen molar-refractivity contribution in [1.29, 1.82) is 0 Å². The van der Waals surface area contributed by atoms with E-state index in [1.165, 1.54) is 11.1 Å². The molecule has 0 heterocycles. The second-order valence-electron chi connectivity index (χ2n) is 4.77. The van der Waals surface area contributed by atoms with Crippen LogP contribution in [0.4, 0.5) is 0 Å². The van der Waals surface area contributed by atoms with Crippen molar-refractivity contribution in [2.45, 2.75) is 30.0 Å². The van der Waals surface area contributed by atoms with Gasteiger partial charge in [-0.2, -0.15) is 0 Å².